The third-order valence-corrected chi connectivity index (χ3v) is 23.4. The van der Waals surface area contributed by atoms with Gasteiger partial charge in [0.15, 0.2) is 0 Å². The highest BCUT2D eigenvalue weighted by molar-refractivity contribution is 6.00. The summed E-state index contributed by atoms with van der Waals surface area (Å²) in [6.07, 6.45) is -1.57. The van der Waals surface area contributed by atoms with Crippen molar-refractivity contribution < 1.29 is 79.4 Å². The molecular formula is C73H116F5N11O12. The van der Waals surface area contributed by atoms with Crippen molar-refractivity contribution in [1.29, 1.82) is 0 Å². The molecule has 6 fully saturated rings. The standard InChI is InChI=1S/C73H116F5N11O12/c1-14-44(5)62-69(98)83(9)42-60(92)85(11)54-28-17-16-22-33-88(68(54)97)57(38-49-27-19-18-24-45(49)6)67(96)82(8)41-58(90)79-53(30-29-47-36-51(74)61(52(75)37-47)73(76,77)78)66(95)89-40-50(101-15-2)39-56(89)65(94)81-72(31-23-32-72)71(100)87(13)63(48-25-20-21-26-48)70(99)84(10)46(7)35-59(91)86(12)55(34-43(3)4)64(93)80-62/h16-17,43-57,61-63H,14-15,18-42H2,1-13H3,(H,79,90)(H,80,93)(H,81,94)/b17-16-/t44-,45?,46+,47?,49?,50+,51?,52?,53-,54-,55-,56-,57-,61?,62-,63-/m0/s1. The van der Waals surface area contributed by atoms with Crippen molar-refractivity contribution in [2.45, 2.75) is 268 Å². The zero-order valence-electron chi connectivity index (χ0n) is 62.0. The summed E-state index contributed by atoms with van der Waals surface area (Å²) in [4.78, 5) is 176. The van der Waals surface area contributed by atoms with Gasteiger partial charge in [-0.25, -0.2) is 8.78 Å². The number of nitrogens with zero attached hydrogens (tertiary/aromatic N) is 8. The van der Waals surface area contributed by atoms with E-state index in [1.807, 2.05) is 26.8 Å². The maximum absolute atomic E-state index is 15.5. The van der Waals surface area contributed by atoms with Gasteiger partial charge >= 0.3 is 6.18 Å². The van der Waals surface area contributed by atoms with Crippen molar-refractivity contribution in [2.24, 2.45) is 41.4 Å². The van der Waals surface area contributed by atoms with Gasteiger partial charge in [0.25, 0.3) is 0 Å². The van der Waals surface area contributed by atoms with E-state index in [4.69, 9.17) is 4.74 Å². The number of ether oxygens (including phenoxy) is 1. The first kappa shape index (κ1) is 81.8. The molecule has 4 aliphatic carbocycles. The van der Waals surface area contributed by atoms with Crippen LogP contribution in [0.5, 0.6) is 0 Å². The molecule has 28 heteroatoms. The fraction of sp³-hybridized carbons (Fsp3) is 0.822. The van der Waals surface area contributed by atoms with Crippen molar-refractivity contribution in [3.05, 3.63) is 12.2 Å². The number of alkyl halides is 5. The second-order valence-corrected chi connectivity index (χ2v) is 31.0. The molecule has 2 bridgehead atoms. The van der Waals surface area contributed by atoms with E-state index < -0.39 is 187 Å². The number of rotatable bonds is 12. The SMILES string of the molecule is CCO[C@@H]1C[C@H]2C(=O)NC3(CCC3)C(=O)N(C)[C@@H](C3CCCC3)C(=O)N(C)[C@H](C)CC(=O)N(C)[C@@H](CC(C)C)C(=O)N[C@@H]([C@@H](C)CC)C(=O)N(C)CC(=O)N(C)[C@H]3C/C=C\CCN(C3=O)[C@@H](CC3CCCCC3C)C(=O)N(C)CC(=O)N[C@@H](CCC3CC(F)C(C(F)(F)F)C(F)C3)C(=O)N2C1. The van der Waals surface area contributed by atoms with Crippen LogP contribution in [0.2, 0.25) is 0 Å². The van der Waals surface area contributed by atoms with Crippen LogP contribution in [0.15, 0.2) is 12.2 Å². The van der Waals surface area contributed by atoms with Gasteiger partial charge in [-0.05, 0) is 133 Å². The number of amides is 11. The summed E-state index contributed by atoms with van der Waals surface area (Å²) in [6, 6.07) is -9.36. The van der Waals surface area contributed by atoms with Crippen LogP contribution < -0.4 is 16.0 Å². The Morgan fingerprint density at radius 2 is 1.28 bits per heavy atom. The van der Waals surface area contributed by atoms with Crippen LogP contribution in [0.25, 0.3) is 0 Å². The van der Waals surface area contributed by atoms with Gasteiger partial charge in [-0.3, -0.25) is 52.7 Å². The third kappa shape index (κ3) is 19.9. The van der Waals surface area contributed by atoms with E-state index >= 15 is 37.5 Å². The van der Waals surface area contributed by atoms with Crippen LogP contribution in [0, 0.1) is 41.4 Å². The van der Waals surface area contributed by atoms with Crippen LogP contribution in [-0.2, 0) is 57.5 Å². The molecule has 2 saturated heterocycles. The van der Waals surface area contributed by atoms with Gasteiger partial charge in [0, 0.05) is 80.9 Å². The lowest BCUT2D eigenvalue weighted by Crippen LogP contribution is -2.68. The van der Waals surface area contributed by atoms with Crippen molar-refractivity contribution in [3.8, 4) is 0 Å². The van der Waals surface area contributed by atoms with E-state index in [9.17, 15) is 37.1 Å². The maximum Gasteiger partial charge on any atom is 0.397 e. The van der Waals surface area contributed by atoms with Crippen molar-refractivity contribution in [3.63, 3.8) is 0 Å². The molecule has 0 radical (unpaired) electrons. The molecule has 3 N–H and O–H groups in total. The number of carbonyl (C=O) groups is 11. The van der Waals surface area contributed by atoms with Crippen LogP contribution in [0.4, 0.5) is 22.0 Å². The van der Waals surface area contributed by atoms with Gasteiger partial charge in [-0.2, -0.15) is 13.2 Å². The van der Waals surface area contributed by atoms with Crippen LogP contribution in [-0.4, -0.2) is 258 Å². The zero-order valence-corrected chi connectivity index (χ0v) is 62.0. The lowest BCUT2D eigenvalue weighted by Gasteiger charge is -2.46. The monoisotopic (exact) mass is 1430 g/mol. The average Bonchev–Trinajstić information content (AvgIpc) is 1.68. The molecule has 14 atom stereocenters. The summed E-state index contributed by atoms with van der Waals surface area (Å²) >= 11 is 0. The highest BCUT2D eigenvalue weighted by atomic mass is 19.4. The van der Waals surface area contributed by atoms with Crippen LogP contribution >= 0.6 is 0 Å². The van der Waals surface area contributed by atoms with Gasteiger partial charge in [-0.1, -0.05) is 91.7 Å². The first-order valence-corrected chi connectivity index (χ1v) is 37.2. The summed E-state index contributed by atoms with van der Waals surface area (Å²) in [5.74, 6) is -11.7. The summed E-state index contributed by atoms with van der Waals surface area (Å²) in [5, 5.41) is 8.66. The van der Waals surface area contributed by atoms with Gasteiger partial charge in [0.1, 0.15) is 66.1 Å². The molecule has 3 aliphatic heterocycles. The molecule has 11 amide bonds. The maximum atomic E-state index is 15.5. The minimum atomic E-state index is -5.16. The Kier molecular flexibility index (Phi) is 29.0. The molecule has 4 saturated carbocycles. The summed E-state index contributed by atoms with van der Waals surface area (Å²) in [6.45, 7) is 11.7. The Morgan fingerprint density at radius 3 is 1.87 bits per heavy atom. The molecule has 23 nitrogen and oxygen atoms in total. The van der Waals surface area contributed by atoms with Crippen molar-refractivity contribution in [2.75, 3.05) is 75.1 Å². The summed E-state index contributed by atoms with van der Waals surface area (Å²) in [5.41, 5.74) is -1.55. The second-order valence-electron chi connectivity index (χ2n) is 31.0. The predicted molar refractivity (Wildman–Crippen MR) is 368 cm³/mol. The normalized spacial score (nSPS) is 33.3. The molecule has 3 heterocycles. The van der Waals surface area contributed by atoms with Crippen LogP contribution in [0.3, 0.4) is 0 Å². The van der Waals surface area contributed by atoms with E-state index in [0.717, 1.165) is 43.4 Å². The fourth-order valence-corrected chi connectivity index (χ4v) is 16.6. The number of hydrogen-bond donors (Lipinski definition) is 3. The van der Waals surface area contributed by atoms with Crippen molar-refractivity contribution in [1.82, 2.24) is 55.1 Å². The molecule has 0 aromatic heterocycles. The second kappa shape index (κ2) is 35.8. The van der Waals surface area contributed by atoms with E-state index in [1.165, 1.54) is 69.5 Å². The lowest BCUT2D eigenvalue weighted by atomic mass is 9.74. The smallest absolute Gasteiger partial charge is 0.377 e. The Hall–Kier alpha value is -6.48. The largest absolute Gasteiger partial charge is 0.397 e. The van der Waals surface area contributed by atoms with E-state index in [2.05, 4.69) is 22.9 Å². The number of carbonyl (C=O) groups excluding carboxylic acids is 11. The number of halogens is 5. The first-order chi connectivity index (χ1) is 47.5. The van der Waals surface area contributed by atoms with Crippen LogP contribution in [0.1, 0.15) is 190 Å². The molecule has 7 aliphatic rings. The van der Waals surface area contributed by atoms with Crippen molar-refractivity contribution >= 4 is 65.0 Å². The Labute approximate surface area is 594 Å². The molecule has 101 heavy (non-hydrogen) atoms. The number of nitrogens with one attached hydrogen (secondary N) is 3. The van der Waals surface area contributed by atoms with E-state index in [1.54, 1.807) is 33.9 Å². The topological polar surface area (TPSA) is 259 Å². The summed E-state index contributed by atoms with van der Waals surface area (Å²) in [7, 11) is 8.79. The number of likely N-dealkylation sites (N-methyl/N-ethyl adjacent to an activating group) is 6. The van der Waals surface area contributed by atoms with Gasteiger partial charge < -0.3 is 59.9 Å². The molecular weight excluding hydrogens is 1320 g/mol. The van der Waals surface area contributed by atoms with Gasteiger partial charge in [0.2, 0.25) is 65.0 Å². The summed E-state index contributed by atoms with van der Waals surface area (Å²) < 4.78 is 78.7. The fourth-order valence-electron chi connectivity index (χ4n) is 16.6. The highest BCUT2D eigenvalue weighted by Gasteiger charge is 2.56. The van der Waals surface area contributed by atoms with E-state index in [0.29, 0.717) is 32.1 Å². The molecule has 7 rings (SSSR count). The zero-order chi connectivity index (χ0) is 74.7. The number of hydrogen-bond acceptors (Lipinski definition) is 12. The van der Waals surface area contributed by atoms with Gasteiger partial charge in [0.05, 0.1) is 19.2 Å². The minimum Gasteiger partial charge on any atom is -0.377 e. The predicted octanol–water partition coefficient (Wildman–Crippen LogP) is 6.74. The molecule has 0 aromatic carbocycles. The average molecular weight is 1430 g/mol. The Balaban J connectivity index is 1.29. The minimum absolute atomic E-state index is 0.0357. The Morgan fingerprint density at radius 1 is 0.644 bits per heavy atom. The third-order valence-electron chi connectivity index (χ3n) is 23.4. The molecule has 0 aromatic rings. The lowest BCUT2D eigenvalue weighted by molar-refractivity contribution is -0.219. The Bertz CT molecular complexity index is 2960. The quantitative estimate of drug-likeness (QED) is 0.136. The van der Waals surface area contributed by atoms with E-state index in [-0.39, 0.29) is 101 Å². The molecule has 4 unspecified atom stereocenters. The molecule has 1 spiro atoms. The first-order valence-electron chi connectivity index (χ1n) is 37.2. The highest BCUT2D eigenvalue weighted by Crippen LogP contribution is 2.45. The van der Waals surface area contributed by atoms with Gasteiger partial charge in [-0.15, -0.1) is 0 Å². The number of fused-ring (bicyclic) bond motifs is 3. The molecule has 570 valence electrons.